The summed E-state index contributed by atoms with van der Waals surface area (Å²) in [6.45, 7) is 6.40. The van der Waals surface area contributed by atoms with Crippen molar-refractivity contribution in [3.8, 4) is 0 Å². The third kappa shape index (κ3) is 3.77. The quantitative estimate of drug-likeness (QED) is 0.676. The van der Waals surface area contributed by atoms with Crippen LogP contribution in [0.5, 0.6) is 0 Å². The molecular formula is C24H33N7. The Hall–Kier alpha value is -2.64. The van der Waals surface area contributed by atoms with Crippen molar-refractivity contribution in [1.82, 2.24) is 24.6 Å². The Bertz CT molecular complexity index is 1050. The predicted molar refractivity (Wildman–Crippen MR) is 126 cm³/mol. The maximum Gasteiger partial charge on any atom is 0.140 e. The second-order valence-electron chi connectivity index (χ2n) is 8.87. The van der Waals surface area contributed by atoms with Crippen LogP contribution < -0.4 is 15.5 Å². The molecule has 7 heteroatoms. The van der Waals surface area contributed by atoms with Gasteiger partial charge in [-0.3, -0.25) is 9.38 Å². The first-order chi connectivity index (χ1) is 15.2. The van der Waals surface area contributed by atoms with Crippen LogP contribution in [0.2, 0.25) is 0 Å². The molecular weight excluding hydrogens is 386 g/mol. The van der Waals surface area contributed by atoms with Gasteiger partial charge in [0.1, 0.15) is 23.0 Å². The lowest BCUT2D eigenvalue weighted by Crippen LogP contribution is -2.45. The van der Waals surface area contributed by atoms with Crippen molar-refractivity contribution in [2.75, 3.05) is 50.5 Å². The van der Waals surface area contributed by atoms with E-state index in [2.05, 4.69) is 68.1 Å². The maximum absolute atomic E-state index is 5.11. The number of nitrogens with zero attached hydrogens (tertiary/aromatic N) is 5. The monoisotopic (exact) mass is 419 g/mol. The minimum Gasteiger partial charge on any atom is -0.373 e. The Morgan fingerprint density at radius 2 is 1.77 bits per heavy atom. The van der Waals surface area contributed by atoms with Crippen LogP contribution in [0.15, 0.2) is 36.5 Å². The third-order valence-electron chi connectivity index (χ3n) is 6.81. The van der Waals surface area contributed by atoms with Crippen molar-refractivity contribution >= 4 is 17.3 Å². The fourth-order valence-electron chi connectivity index (χ4n) is 5.09. The Kier molecular flexibility index (Phi) is 5.54. The van der Waals surface area contributed by atoms with Gasteiger partial charge in [-0.25, -0.2) is 4.98 Å². The molecule has 2 aliphatic heterocycles. The smallest absolute Gasteiger partial charge is 0.140 e. The molecule has 0 bridgehead atoms. The van der Waals surface area contributed by atoms with Crippen molar-refractivity contribution in [3.63, 3.8) is 0 Å². The molecule has 2 saturated heterocycles. The molecule has 3 aromatic rings. The average Bonchev–Trinajstić information content (AvgIpc) is 3.19. The van der Waals surface area contributed by atoms with Crippen molar-refractivity contribution in [2.45, 2.75) is 38.3 Å². The highest BCUT2D eigenvalue weighted by molar-refractivity contribution is 5.63. The Balaban J connectivity index is 1.50. The van der Waals surface area contributed by atoms with Gasteiger partial charge in [-0.1, -0.05) is 12.1 Å². The van der Waals surface area contributed by atoms with Crippen molar-refractivity contribution in [2.24, 2.45) is 0 Å². The van der Waals surface area contributed by atoms with Crippen molar-refractivity contribution < 1.29 is 0 Å². The summed E-state index contributed by atoms with van der Waals surface area (Å²) in [6.07, 6.45) is 5.27. The number of aryl methyl sites for hydroxylation is 1. The average molecular weight is 420 g/mol. The third-order valence-corrected chi connectivity index (χ3v) is 6.81. The van der Waals surface area contributed by atoms with Gasteiger partial charge in [0.25, 0.3) is 0 Å². The fourth-order valence-corrected chi connectivity index (χ4v) is 5.09. The normalized spacial score (nSPS) is 22.7. The first kappa shape index (κ1) is 20.3. The molecule has 31 heavy (non-hydrogen) atoms. The molecule has 0 aliphatic carbocycles. The molecule has 5 rings (SSSR count). The van der Waals surface area contributed by atoms with Crippen LogP contribution in [0, 0.1) is 6.92 Å². The van der Waals surface area contributed by atoms with E-state index < -0.39 is 0 Å². The molecule has 0 amide bonds. The Labute approximate surface area is 184 Å². The van der Waals surface area contributed by atoms with Gasteiger partial charge in [-0.05, 0) is 57.0 Å². The zero-order valence-electron chi connectivity index (χ0n) is 18.8. The number of piperidine rings is 1. The minimum absolute atomic E-state index is 0.211. The number of aromatic nitrogens is 3. The van der Waals surface area contributed by atoms with Crippen molar-refractivity contribution in [1.29, 1.82) is 0 Å². The first-order valence-corrected chi connectivity index (χ1v) is 11.5. The standard InChI is InChI=1S/C24H33N7/c1-17-7-6-12-26-22(17)18-8-4-9-19(27-18)23-24(25-2)31-20(28-23)10-5-11-21(31)30-15-13-29(3)14-16-30/h5-7,10-12,18-19,25,27H,4,8-9,13-16H2,1-3H3/t18-,19+/m0/s1. The molecule has 2 atom stereocenters. The molecule has 0 aromatic carbocycles. The number of piperazine rings is 1. The number of likely N-dealkylation sites (N-methyl/N-ethyl adjacent to an activating group) is 1. The number of hydrogen-bond acceptors (Lipinski definition) is 6. The SMILES string of the molecule is CNc1c([C@H]2CCC[C@@H](c3ncccc3C)N2)nc2cccc(N3CCN(C)CC3)n12. The zero-order chi connectivity index (χ0) is 21.4. The molecule has 7 nitrogen and oxygen atoms in total. The van der Waals surface area contributed by atoms with E-state index in [1.807, 2.05) is 19.3 Å². The largest absolute Gasteiger partial charge is 0.373 e. The molecule has 0 radical (unpaired) electrons. The van der Waals surface area contributed by atoms with Crippen molar-refractivity contribution in [3.05, 3.63) is 53.5 Å². The first-order valence-electron chi connectivity index (χ1n) is 11.5. The van der Waals surface area contributed by atoms with E-state index in [0.717, 1.165) is 56.2 Å². The molecule has 3 aromatic heterocycles. The van der Waals surface area contributed by atoms with E-state index in [0.29, 0.717) is 0 Å². The van der Waals surface area contributed by atoms with E-state index in [-0.39, 0.29) is 12.1 Å². The molecule has 5 heterocycles. The highest BCUT2D eigenvalue weighted by Gasteiger charge is 2.30. The number of imidazole rings is 1. The number of hydrogen-bond donors (Lipinski definition) is 2. The Morgan fingerprint density at radius 1 is 1.00 bits per heavy atom. The minimum atomic E-state index is 0.211. The summed E-state index contributed by atoms with van der Waals surface area (Å²) in [6, 6.07) is 11.1. The number of pyridine rings is 2. The number of anilines is 2. The van der Waals surface area contributed by atoms with Crippen LogP contribution in [0.25, 0.3) is 5.65 Å². The Morgan fingerprint density at radius 3 is 2.52 bits per heavy atom. The summed E-state index contributed by atoms with van der Waals surface area (Å²) in [5.74, 6) is 2.32. The zero-order valence-corrected chi connectivity index (χ0v) is 18.8. The van der Waals surface area contributed by atoms with Crippen LogP contribution in [0.1, 0.15) is 48.3 Å². The second-order valence-corrected chi connectivity index (χ2v) is 8.87. The van der Waals surface area contributed by atoms with Crippen LogP contribution in [0.4, 0.5) is 11.6 Å². The van der Waals surface area contributed by atoms with Crippen LogP contribution in [-0.2, 0) is 0 Å². The molecule has 0 saturated carbocycles. The molecule has 2 aliphatic rings. The summed E-state index contributed by atoms with van der Waals surface area (Å²) in [4.78, 5) is 14.7. The van der Waals surface area contributed by atoms with Crippen LogP contribution in [0.3, 0.4) is 0 Å². The predicted octanol–water partition coefficient (Wildman–Crippen LogP) is 3.39. The number of fused-ring (bicyclic) bond motifs is 1. The summed E-state index contributed by atoms with van der Waals surface area (Å²) >= 11 is 0. The highest BCUT2D eigenvalue weighted by atomic mass is 15.3. The lowest BCUT2D eigenvalue weighted by atomic mass is 9.93. The van der Waals surface area contributed by atoms with Gasteiger partial charge in [0.05, 0.1) is 17.8 Å². The lowest BCUT2D eigenvalue weighted by Gasteiger charge is -2.34. The van der Waals surface area contributed by atoms with Gasteiger partial charge in [-0.2, -0.15) is 0 Å². The van der Waals surface area contributed by atoms with E-state index in [1.165, 1.54) is 23.5 Å². The fraction of sp³-hybridized carbons (Fsp3) is 0.500. The van der Waals surface area contributed by atoms with Gasteiger partial charge >= 0.3 is 0 Å². The van der Waals surface area contributed by atoms with Gasteiger partial charge in [0.15, 0.2) is 0 Å². The second kappa shape index (κ2) is 8.48. The summed E-state index contributed by atoms with van der Waals surface area (Å²) < 4.78 is 2.30. The molecule has 0 spiro atoms. The highest BCUT2D eigenvalue weighted by Crippen LogP contribution is 2.37. The summed E-state index contributed by atoms with van der Waals surface area (Å²) in [5.41, 5.74) is 4.54. The molecule has 2 N–H and O–H groups in total. The topological polar surface area (TPSA) is 60.7 Å². The van der Waals surface area contributed by atoms with Gasteiger partial charge in [-0.15, -0.1) is 0 Å². The lowest BCUT2D eigenvalue weighted by molar-refractivity contribution is 0.311. The van der Waals surface area contributed by atoms with Gasteiger partial charge in [0.2, 0.25) is 0 Å². The summed E-state index contributed by atoms with van der Waals surface area (Å²) in [7, 11) is 4.21. The van der Waals surface area contributed by atoms with Crippen LogP contribution >= 0.6 is 0 Å². The molecule has 164 valence electrons. The van der Waals surface area contributed by atoms with Gasteiger partial charge in [0, 0.05) is 39.4 Å². The molecule has 0 unspecified atom stereocenters. The van der Waals surface area contributed by atoms with Crippen LogP contribution in [-0.4, -0.2) is 59.5 Å². The number of rotatable bonds is 4. The van der Waals surface area contributed by atoms with Gasteiger partial charge < -0.3 is 20.4 Å². The van der Waals surface area contributed by atoms with E-state index in [9.17, 15) is 0 Å². The maximum atomic E-state index is 5.11. The van der Waals surface area contributed by atoms with E-state index >= 15 is 0 Å². The summed E-state index contributed by atoms with van der Waals surface area (Å²) in [5, 5.41) is 7.35. The molecule has 2 fully saturated rings. The number of nitrogens with one attached hydrogen (secondary N) is 2. The van der Waals surface area contributed by atoms with E-state index in [4.69, 9.17) is 4.98 Å². The van der Waals surface area contributed by atoms with E-state index in [1.54, 1.807) is 0 Å².